The van der Waals surface area contributed by atoms with Crippen LogP contribution in [-0.2, 0) is 0 Å². The highest BCUT2D eigenvalue weighted by molar-refractivity contribution is 6.33. The molecule has 0 saturated heterocycles. The zero-order valence-electron chi connectivity index (χ0n) is 11.4. The lowest BCUT2D eigenvalue weighted by molar-refractivity contribution is -0.383. The first kappa shape index (κ1) is 15.7. The molecule has 1 unspecified atom stereocenters. The molecule has 5 nitrogen and oxygen atoms in total. The maximum absolute atomic E-state index is 11.1. The van der Waals surface area contributed by atoms with Crippen LogP contribution in [0, 0.1) is 16.0 Å². The maximum Gasteiger partial charge on any atom is 0.310 e. The van der Waals surface area contributed by atoms with E-state index in [1.165, 1.54) is 6.07 Å². The first-order valence-electron chi connectivity index (χ1n) is 6.20. The molecule has 106 valence electrons. The summed E-state index contributed by atoms with van der Waals surface area (Å²) < 4.78 is 0. The van der Waals surface area contributed by atoms with Crippen LogP contribution in [0.15, 0.2) is 18.2 Å². The van der Waals surface area contributed by atoms with Gasteiger partial charge in [-0.25, -0.2) is 0 Å². The normalized spacial score (nSPS) is 14.2. The molecular formula is C13H20ClN3O2. The minimum Gasteiger partial charge on any atom is -0.373 e. The van der Waals surface area contributed by atoms with Crippen molar-refractivity contribution >= 4 is 23.0 Å². The number of benzene rings is 1. The summed E-state index contributed by atoms with van der Waals surface area (Å²) in [7, 11) is 0. The van der Waals surface area contributed by atoms with Crippen molar-refractivity contribution in [2.24, 2.45) is 11.7 Å². The van der Waals surface area contributed by atoms with Crippen LogP contribution in [0.2, 0.25) is 5.02 Å². The summed E-state index contributed by atoms with van der Waals surface area (Å²) >= 11 is 5.89. The third-order valence-corrected chi connectivity index (χ3v) is 3.22. The fourth-order valence-electron chi connectivity index (χ4n) is 2.21. The molecule has 0 radical (unpaired) electrons. The lowest BCUT2D eigenvalue weighted by atomic mass is 9.90. The van der Waals surface area contributed by atoms with E-state index in [9.17, 15) is 10.1 Å². The highest BCUT2D eigenvalue weighted by Crippen LogP contribution is 2.34. The van der Waals surface area contributed by atoms with Gasteiger partial charge >= 0.3 is 5.69 Å². The zero-order valence-corrected chi connectivity index (χ0v) is 12.2. The monoisotopic (exact) mass is 285 g/mol. The van der Waals surface area contributed by atoms with Gasteiger partial charge in [0.15, 0.2) is 0 Å². The van der Waals surface area contributed by atoms with Crippen molar-refractivity contribution in [2.45, 2.75) is 32.7 Å². The number of hydrogen-bond acceptors (Lipinski definition) is 4. The second kappa shape index (κ2) is 6.21. The number of para-hydroxylation sites is 1. The van der Waals surface area contributed by atoms with Crippen molar-refractivity contribution in [3.63, 3.8) is 0 Å². The van der Waals surface area contributed by atoms with Crippen LogP contribution in [0.3, 0.4) is 0 Å². The van der Waals surface area contributed by atoms with Gasteiger partial charge < -0.3 is 11.1 Å². The largest absolute Gasteiger partial charge is 0.373 e. The molecule has 0 saturated carbocycles. The molecule has 1 atom stereocenters. The van der Waals surface area contributed by atoms with Gasteiger partial charge in [-0.05, 0) is 31.4 Å². The van der Waals surface area contributed by atoms with E-state index in [0.29, 0.717) is 18.2 Å². The average molecular weight is 286 g/mol. The SMILES string of the molecule is CC(C)CC(C)(CN)Nc1cccc(Cl)c1[N+](=O)[O-]. The van der Waals surface area contributed by atoms with Gasteiger partial charge in [-0.2, -0.15) is 0 Å². The van der Waals surface area contributed by atoms with Crippen LogP contribution < -0.4 is 11.1 Å². The van der Waals surface area contributed by atoms with E-state index in [1.807, 2.05) is 6.92 Å². The molecule has 0 bridgehead atoms. The number of nitrogens with two attached hydrogens (primary N) is 1. The number of nitro groups is 1. The van der Waals surface area contributed by atoms with E-state index in [1.54, 1.807) is 12.1 Å². The molecule has 0 spiro atoms. The van der Waals surface area contributed by atoms with Crippen molar-refractivity contribution in [3.05, 3.63) is 33.3 Å². The Morgan fingerprint density at radius 2 is 2.16 bits per heavy atom. The lowest BCUT2D eigenvalue weighted by Crippen LogP contribution is -2.43. The topological polar surface area (TPSA) is 81.2 Å². The second-order valence-electron chi connectivity index (χ2n) is 5.38. The van der Waals surface area contributed by atoms with Crippen LogP contribution in [0.1, 0.15) is 27.2 Å². The van der Waals surface area contributed by atoms with Gasteiger partial charge in [0.1, 0.15) is 10.7 Å². The summed E-state index contributed by atoms with van der Waals surface area (Å²) in [5.74, 6) is 0.430. The number of halogens is 1. The van der Waals surface area contributed by atoms with E-state index in [0.717, 1.165) is 6.42 Å². The molecule has 0 amide bonds. The molecule has 0 aliphatic rings. The van der Waals surface area contributed by atoms with E-state index < -0.39 is 10.5 Å². The zero-order chi connectivity index (χ0) is 14.6. The average Bonchev–Trinajstić information content (AvgIpc) is 2.27. The fraction of sp³-hybridized carbons (Fsp3) is 0.538. The Bertz CT molecular complexity index is 465. The molecule has 0 fully saturated rings. The number of rotatable bonds is 6. The Labute approximate surface area is 118 Å². The standard InChI is InChI=1S/C13H20ClN3O2/c1-9(2)7-13(3,8-15)16-11-6-4-5-10(14)12(11)17(18)19/h4-6,9,16H,7-8,15H2,1-3H3. The van der Waals surface area contributed by atoms with Crippen LogP contribution in [-0.4, -0.2) is 17.0 Å². The van der Waals surface area contributed by atoms with Crippen molar-refractivity contribution < 1.29 is 4.92 Å². The van der Waals surface area contributed by atoms with Gasteiger partial charge in [0.2, 0.25) is 0 Å². The van der Waals surface area contributed by atoms with Crippen LogP contribution >= 0.6 is 11.6 Å². The molecule has 0 aromatic heterocycles. The summed E-state index contributed by atoms with van der Waals surface area (Å²) in [6.07, 6.45) is 0.813. The number of nitrogens with zero attached hydrogens (tertiary/aromatic N) is 1. The number of anilines is 1. The Balaban J connectivity index is 3.10. The number of nitrogens with one attached hydrogen (secondary N) is 1. The van der Waals surface area contributed by atoms with E-state index in [-0.39, 0.29) is 10.7 Å². The molecular weight excluding hydrogens is 266 g/mol. The predicted molar refractivity (Wildman–Crippen MR) is 78.6 cm³/mol. The summed E-state index contributed by atoms with van der Waals surface area (Å²) in [5, 5.41) is 14.4. The Kier molecular flexibility index (Phi) is 5.14. The lowest BCUT2D eigenvalue weighted by Gasteiger charge is -2.32. The third-order valence-electron chi connectivity index (χ3n) is 2.92. The minimum atomic E-state index is -0.475. The first-order valence-corrected chi connectivity index (χ1v) is 6.58. The van der Waals surface area contributed by atoms with E-state index in [4.69, 9.17) is 17.3 Å². The molecule has 3 N–H and O–H groups in total. The number of nitro benzene ring substituents is 1. The molecule has 1 aromatic carbocycles. The molecule has 0 aliphatic carbocycles. The molecule has 6 heteroatoms. The van der Waals surface area contributed by atoms with E-state index in [2.05, 4.69) is 19.2 Å². The smallest absolute Gasteiger partial charge is 0.310 e. The predicted octanol–water partition coefficient (Wildman–Crippen LogP) is 3.42. The van der Waals surface area contributed by atoms with Gasteiger partial charge in [-0.3, -0.25) is 10.1 Å². The van der Waals surface area contributed by atoms with Crippen molar-refractivity contribution in [2.75, 3.05) is 11.9 Å². The van der Waals surface area contributed by atoms with E-state index >= 15 is 0 Å². The van der Waals surface area contributed by atoms with Gasteiger partial charge in [0, 0.05) is 12.1 Å². The fourth-order valence-corrected chi connectivity index (χ4v) is 2.46. The summed E-state index contributed by atoms with van der Waals surface area (Å²) in [6, 6.07) is 4.84. The van der Waals surface area contributed by atoms with Crippen molar-refractivity contribution in [1.82, 2.24) is 0 Å². The Hall–Kier alpha value is -1.33. The highest BCUT2D eigenvalue weighted by atomic mass is 35.5. The minimum absolute atomic E-state index is 0.104. The summed E-state index contributed by atoms with van der Waals surface area (Å²) in [4.78, 5) is 10.6. The first-order chi connectivity index (χ1) is 8.79. The van der Waals surface area contributed by atoms with Crippen LogP contribution in [0.5, 0.6) is 0 Å². The maximum atomic E-state index is 11.1. The molecule has 0 aliphatic heterocycles. The molecule has 19 heavy (non-hydrogen) atoms. The molecule has 0 heterocycles. The Morgan fingerprint density at radius 3 is 2.63 bits per heavy atom. The summed E-state index contributed by atoms with van der Waals surface area (Å²) in [5.41, 5.74) is 5.71. The molecule has 1 aromatic rings. The van der Waals surface area contributed by atoms with Crippen molar-refractivity contribution in [1.29, 1.82) is 0 Å². The van der Waals surface area contributed by atoms with Gasteiger partial charge in [-0.1, -0.05) is 31.5 Å². The quantitative estimate of drug-likeness (QED) is 0.620. The van der Waals surface area contributed by atoms with Crippen molar-refractivity contribution in [3.8, 4) is 0 Å². The van der Waals surface area contributed by atoms with Crippen LogP contribution in [0.4, 0.5) is 11.4 Å². The van der Waals surface area contributed by atoms with Gasteiger partial charge in [-0.15, -0.1) is 0 Å². The number of hydrogen-bond donors (Lipinski definition) is 2. The molecule has 1 rings (SSSR count). The summed E-state index contributed by atoms with van der Waals surface area (Å²) in [6.45, 7) is 6.51. The van der Waals surface area contributed by atoms with Gasteiger partial charge in [0.25, 0.3) is 0 Å². The Morgan fingerprint density at radius 1 is 1.53 bits per heavy atom. The third kappa shape index (κ3) is 4.08. The second-order valence-corrected chi connectivity index (χ2v) is 5.79. The van der Waals surface area contributed by atoms with Gasteiger partial charge in [0.05, 0.1) is 4.92 Å². The van der Waals surface area contributed by atoms with Crippen LogP contribution in [0.25, 0.3) is 0 Å². The highest BCUT2D eigenvalue weighted by Gasteiger charge is 2.28.